The Hall–Kier alpha value is -0.990. The Kier molecular flexibility index (Phi) is 6.48. The van der Waals surface area contributed by atoms with Crippen LogP contribution in [-0.2, 0) is 6.42 Å². The average molecular weight is 153 g/mol. The van der Waals surface area contributed by atoms with Gasteiger partial charge in [0.2, 0.25) is 0 Å². The molecule has 0 bridgehead atoms. The van der Waals surface area contributed by atoms with Crippen molar-refractivity contribution in [2.75, 3.05) is 0 Å². The third-order valence-electron chi connectivity index (χ3n) is 0.863. The maximum absolute atomic E-state index is 3.88. The monoisotopic (exact) mass is 153 g/mol. The second-order valence-corrected chi connectivity index (χ2v) is 2.12. The first-order chi connectivity index (χ1) is 5.35. The maximum Gasteiger partial charge on any atom is 0.131 e. The van der Waals surface area contributed by atoms with Crippen LogP contribution in [0.3, 0.4) is 0 Å². The van der Waals surface area contributed by atoms with Crippen LogP contribution >= 0.6 is 0 Å². The molecule has 0 radical (unpaired) electrons. The van der Waals surface area contributed by atoms with Gasteiger partial charge in [0, 0.05) is 6.42 Å². The van der Waals surface area contributed by atoms with Gasteiger partial charge in [0.05, 0.1) is 0 Å². The lowest BCUT2D eigenvalue weighted by Crippen LogP contribution is -1.90. The van der Waals surface area contributed by atoms with Crippen molar-refractivity contribution in [2.45, 2.75) is 33.6 Å². The highest BCUT2D eigenvalue weighted by molar-refractivity contribution is 4.78. The first kappa shape index (κ1) is 10.0. The zero-order valence-electron chi connectivity index (χ0n) is 7.41. The summed E-state index contributed by atoms with van der Waals surface area (Å²) in [6, 6.07) is 0. The first-order valence-corrected chi connectivity index (χ1v) is 3.95. The van der Waals surface area contributed by atoms with Gasteiger partial charge in [-0.15, -0.1) is 0 Å². The Morgan fingerprint density at radius 3 is 1.82 bits per heavy atom. The molecule has 1 rings (SSSR count). The van der Waals surface area contributed by atoms with Crippen molar-refractivity contribution in [1.29, 1.82) is 0 Å². The highest BCUT2D eigenvalue weighted by atomic mass is 15.0. The van der Waals surface area contributed by atoms with Gasteiger partial charge in [0.25, 0.3) is 0 Å². The maximum atomic E-state index is 3.88. The lowest BCUT2D eigenvalue weighted by molar-refractivity contribution is 0.896. The van der Waals surface area contributed by atoms with E-state index in [2.05, 4.69) is 28.8 Å². The predicted molar refractivity (Wildman–Crippen MR) is 45.2 cm³/mol. The topological polar surface area (TPSA) is 38.7 Å². The molecule has 1 aromatic heterocycles. The molecule has 0 aliphatic rings. The Labute approximate surface area is 67.9 Å². The molecular formula is C8H15N3. The van der Waals surface area contributed by atoms with Crippen LogP contribution in [0.5, 0.6) is 0 Å². The summed E-state index contributed by atoms with van der Waals surface area (Å²) in [5, 5.41) is 0. The van der Waals surface area contributed by atoms with E-state index >= 15 is 0 Å². The van der Waals surface area contributed by atoms with E-state index in [4.69, 9.17) is 0 Å². The van der Waals surface area contributed by atoms with Crippen molar-refractivity contribution < 1.29 is 0 Å². The van der Waals surface area contributed by atoms with Gasteiger partial charge in [-0.25, -0.2) is 15.0 Å². The van der Waals surface area contributed by atoms with E-state index in [1.165, 1.54) is 19.1 Å². The highest BCUT2D eigenvalue weighted by Crippen LogP contribution is 1.82. The molecule has 3 nitrogen and oxygen atoms in total. The average Bonchev–Trinajstić information content (AvgIpc) is 2.08. The van der Waals surface area contributed by atoms with Crippen LogP contribution in [0.15, 0.2) is 12.7 Å². The molecule has 0 aliphatic carbocycles. The quantitative estimate of drug-likeness (QED) is 0.618. The second-order valence-electron chi connectivity index (χ2n) is 2.12. The normalized spacial score (nSPS) is 8.27. The Morgan fingerprint density at radius 1 is 1.09 bits per heavy atom. The fraction of sp³-hybridized carbons (Fsp3) is 0.625. The third-order valence-corrected chi connectivity index (χ3v) is 0.863. The van der Waals surface area contributed by atoms with E-state index in [1.54, 1.807) is 0 Å². The van der Waals surface area contributed by atoms with Gasteiger partial charge in [-0.05, 0) is 0 Å². The molecule has 1 heterocycles. The van der Waals surface area contributed by atoms with Gasteiger partial charge in [0.15, 0.2) is 0 Å². The Morgan fingerprint density at radius 2 is 1.55 bits per heavy atom. The zero-order chi connectivity index (χ0) is 8.53. The summed E-state index contributed by atoms with van der Waals surface area (Å²) >= 11 is 0. The summed E-state index contributed by atoms with van der Waals surface area (Å²) in [5.41, 5.74) is 0. The first-order valence-electron chi connectivity index (χ1n) is 3.95. The van der Waals surface area contributed by atoms with Crippen LogP contribution in [0.25, 0.3) is 0 Å². The van der Waals surface area contributed by atoms with Crippen molar-refractivity contribution in [3.63, 3.8) is 0 Å². The molecule has 0 N–H and O–H groups in total. The highest BCUT2D eigenvalue weighted by Gasteiger charge is 1.84. The molecular weight excluding hydrogens is 138 g/mol. The van der Waals surface area contributed by atoms with Crippen molar-refractivity contribution in [3.8, 4) is 0 Å². The van der Waals surface area contributed by atoms with Crippen LogP contribution in [0.2, 0.25) is 0 Å². The number of hydrogen-bond acceptors (Lipinski definition) is 3. The standard InChI is InChI=1S/C5H7N3.C3H8/c1-2-5-7-3-6-4-8-5;1-3-2/h3-4H,2H2,1H3;3H2,1-2H3. The van der Waals surface area contributed by atoms with Crippen molar-refractivity contribution in [2.24, 2.45) is 0 Å². The van der Waals surface area contributed by atoms with Crippen LogP contribution < -0.4 is 0 Å². The van der Waals surface area contributed by atoms with Gasteiger partial charge < -0.3 is 0 Å². The molecule has 0 amide bonds. The lowest BCUT2D eigenvalue weighted by Gasteiger charge is -1.87. The lowest BCUT2D eigenvalue weighted by atomic mass is 10.5. The van der Waals surface area contributed by atoms with E-state index in [1.807, 2.05) is 6.92 Å². The summed E-state index contributed by atoms with van der Waals surface area (Å²) in [7, 11) is 0. The minimum atomic E-state index is 0.847. The van der Waals surface area contributed by atoms with Gasteiger partial charge in [0.1, 0.15) is 18.5 Å². The van der Waals surface area contributed by atoms with Crippen LogP contribution in [-0.4, -0.2) is 15.0 Å². The van der Waals surface area contributed by atoms with E-state index in [0.717, 1.165) is 12.2 Å². The summed E-state index contributed by atoms with van der Waals surface area (Å²) < 4.78 is 0. The largest absolute Gasteiger partial charge is 0.225 e. The van der Waals surface area contributed by atoms with Crippen molar-refractivity contribution in [3.05, 3.63) is 18.5 Å². The molecule has 0 aromatic carbocycles. The molecule has 0 atom stereocenters. The SMILES string of the molecule is CCC.CCc1ncncn1. The van der Waals surface area contributed by atoms with Crippen LogP contribution in [0.4, 0.5) is 0 Å². The van der Waals surface area contributed by atoms with Gasteiger partial charge in [-0.3, -0.25) is 0 Å². The molecule has 0 saturated heterocycles. The molecule has 1 aromatic rings. The molecule has 62 valence electrons. The number of aryl methyl sites for hydroxylation is 1. The summed E-state index contributed by atoms with van der Waals surface area (Å²) in [4.78, 5) is 11.4. The number of nitrogens with zero attached hydrogens (tertiary/aromatic N) is 3. The molecule has 0 spiro atoms. The fourth-order valence-corrected chi connectivity index (χ4v) is 0.446. The third kappa shape index (κ3) is 5.45. The van der Waals surface area contributed by atoms with E-state index in [0.29, 0.717) is 0 Å². The van der Waals surface area contributed by atoms with Gasteiger partial charge in [-0.2, -0.15) is 0 Å². The smallest absolute Gasteiger partial charge is 0.131 e. The fourth-order valence-electron chi connectivity index (χ4n) is 0.446. The number of rotatable bonds is 1. The summed E-state index contributed by atoms with van der Waals surface area (Å²) in [6.07, 6.45) is 5.14. The van der Waals surface area contributed by atoms with E-state index in [-0.39, 0.29) is 0 Å². The van der Waals surface area contributed by atoms with Crippen molar-refractivity contribution >= 4 is 0 Å². The summed E-state index contributed by atoms with van der Waals surface area (Å²) in [6.45, 7) is 6.26. The second kappa shape index (κ2) is 7.12. The van der Waals surface area contributed by atoms with Gasteiger partial charge >= 0.3 is 0 Å². The van der Waals surface area contributed by atoms with Gasteiger partial charge in [-0.1, -0.05) is 27.2 Å². The molecule has 0 saturated carbocycles. The Bertz CT molecular complexity index is 162. The van der Waals surface area contributed by atoms with Crippen LogP contribution in [0.1, 0.15) is 33.0 Å². The predicted octanol–water partition coefficient (Wildman–Crippen LogP) is 1.85. The minimum Gasteiger partial charge on any atom is -0.225 e. The van der Waals surface area contributed by atoms with Crippen LogP contribution in [0, 0.1) is 0 Å². The minimum absolute atomic E-state index is 0.847. The molecule has 0 aliphatic heterocycles. The molecule has 0 fully saturated rings. The number of hydrogen-bond donors (Lipinski definition) is 0. The zero-order valence-corrected chi connectivity index (χ0v) is 7.41. The number of aromatic nitrogens is 3. The van der Waals surface area contributed by atoms with Crippen molar-refractivity contribution in [1.82, 2.24) is 15.0 Å². The summed E-state index contributed by atoms with van der Waals surface area (Å²) in [5.74, 6) is 0.847. The molecule has 11 heavy (non-hydrogen) atoms. The van der Waals surface area contributed by atoms with E-state index < -0.39 is 0 Å². The van der Waals surface area contributed by atoms with E-state index in [9.17, 15) is 0 Å². The Balaban J connectivity index is 0.000000292. The molecule has 3 heteroatoms. The molecule has 0 unspecified atom stereocenters.